The van der Waals surface area contributed by atoms with Crippen LogP contribution in [-0.4, -0.2) is 80.3 Å². The number of hydrogen-bond donors (Lipinski definition) is 6. The lowest BCUT2D eigenvalue weighted by Gasteiger charge is -2.19. The van der Waals surface area contributed by atoms with Gasteiger partial charge in [-0.05, 0) is 116 Å². The van der Waals surface area contributed by atoms with Crippen LogP contribution in [0.3, 0.4) is 0 Å². The third kappa shape index (κ3) is 7.76. The molecule has 0 bridgehead atoms. The summed E-state index contributed by atoms with van der Waals surface area (Å²) in [5.74, 6) is 0.434. The van der Waals surface area contributed by atoms with Crippen LogP contribution in [0.5, 0.6) is 0 Å². The largest absolute Gasteiger partial charge is 0.385 e. The van der Waals surface area contributed by atoms with E-state index in [1.54, 1.807) is 14.0 Å². The van der Waals surface area contributed by atoms with Crippen molar-refractivity contribution in [3.05, 3.63) is 87.1 Å². The number of H-pyrrole nitrogens is 3. The molecule has 0 unspecified atom stereocenters. The molecule has 0 saturated heterocycles. The maximum Gasteiger partial charge on any atom is 0.242 e. The van der Waals surface area contributed by atoms with Gasteiger partial charge in [-0.1, -0.05) is 49.1 Å². The van der Waals surface area contributed by atoms with Crippen LogP contribution in [0, 0.1) is 20.2 Å². The Labute approximate surface area is 278 Å². The van der Waals surface area contributed by atoms with Crippen molar-refractivity contribution in [1.82, 2.24) is 60.6 Å². The Morgan fingerprint density at radius 3 is 1.13 bits per heavy atom. The second kappa shape index (κ2) is 14.8. The lowest BCUT2D eigenvalue weighted by molar-refractivity contribution is 0.451. The van der Waals surface area contributed by atoms with E-state index in [0.717, 1.165) is 73.0 Å². The average molecular weight is 674 g/mol. The number of benzene rings is 3. The van der Waals surface area contributed by atoms with Crippen LogP contribution >= 0.6 is 36.7 Å². The molecule has 0 spiro atoms. The molecule has 6 aromatic rings. The van der Waals surface area contributed by atoms with Crippen LogP contribution in [0.25, 0.3) is 17.1 Å². The maximum atomic E-state index is 5.25. The normalized spacial score (nSPS) is 11.2. The Morgan fingerprint density at radius 2 is 0.848 bits per heavy atom. The minimum absolute atomic E-state index is 0.377. The topological polar surface area (TPSA) is 176 Å². The van der Waals surface area contributed by atoms with Crippen molar-refractivity contribution < 1.29 is 0 Å². The zero-order chi connectivity index (χ0) is 31.7. The van der Waals surface area contributed by atoms with Crippen LogP contribution in [-0.2, 0) is 0 Å². The summed E-state index contributed by atoms with van der Waals surface area (Å²) in [6.45, 7) is 2.42. The van der Waals surface area contributed by atoms with Crippen LogP contribution in [0.1, 0.15) is 19.3 Å². The Hall–Kier alpha value is -5.07. The van der Waals surface area contributed by atoms with Gasteiger partial charge in [-0.2, -0.15) is 15.6 Å². The van der Waals surface area contributed by atoms with E-state index in [1.807, 2.05) is 72.8 Å². The van der Waals surface area contributed by atoms with E-state index in [-0.39, 0.29) is 0 Å². The first-order chi connectivity index (χ1) is 22.5. The highest BCUT2D eigenvalue weighted by molar-refractivity contribution is 7.71. The van der Waals surface area contributed by atoms with E-state index in [4.69, 9.17) is 36.7 Å². The molecule has 3 aromatic heterocycles. The van der Waals surface area contributed by atoms with Gasteiger partial charge in [0.2, 0.25) is 14.3 Å². The molecular weight excluding hydrogens is 643 g/mol. The third-order valence-electron chi connectivity index (χ3n) is 7.37. The molecule has 236 valence electrons. The second-order valence-electron chi connectivity index (χ2n) is 10.4. The highest BCUT2D eigenvalue weighted by Gasteiger charge is 2.11. The fourth-order valence-corrected chi connectivity index (χ4v) is 5.62. The SMILES string of the molecule is S=c1nn[nH]n1-c1cccc(NCCC(CCNc2cccc(-n3[nH]nnc3=S)c2)CCNc2cccc(-n3[nH]nnc3=S)c2)c1. The molecule has 6 N–H and O–H groups in total. The molecule has 0 aliphatic heterocycles. The maximum absolute atomic E-state index is 5.25. The number of aromatic amines is 3. The highest BCUT2D eigenvalue weighted by atomic mass is 32.1. The zero-order valence-electron chi connectivity index (χ0n) is 24.5. The standard InChI is InChI=1S/C28H31N15S3/c44-26-32-35-38-41(26)23-7-1-4-20(16-23)29-13-10-19(11-14-30-21-5-2-8-24(17-21)42-27(45)33-36-39-42)12-15-31-22-6-3-9-25(18-22)43-28(46)34-37-40-43/h1-9,16-19,29-31H,10-15H2,(H,32,38,44)(H,33,39,45)(H,34,40,46). The molecule has 0 atom stereocenters. The number of hydrogen-bond acceptors (Lipinski definition) is 12. The Balaban J connectivity index is 1.08. The van der Waals surface area contributed by atoms with Crippen LogP contribution < -0.4 is 16.0 Å². The fourth-order valence-electron chi connectivity index (χ4n) is 5.06. The molecule has 0 radical (unpaired) electrons. The number of anilines is 3. The van der Waals surface area contributed by atoms with E-state index < -0.39 is 0 Å². The quantitative estimate of drug-likeness (QED) is 0.0804. The summed E-state index contributed by atoms with van der Waals surface area (Å²) < 4.78 is 6.13. The second-order valence-corrected chi connectivity index (χ2v) is 11.5. The highest BCUT2D eigenvalue weighted by Crippen LogP contribution is 2.20. The lowest BCUT2D eigenvalue weighted by Crippen LogP contribution is -2.17. The van der Waals surface area contributed by atoms with Gasteiger partial charge in [-0.3, -0.25) is 0 Å². The van der Waals surface area contributed by atoms with Crippen molar-refractivity contribution in [2.75, 3.05) is 35.6 Å². The van der Waals surface area contributed by atoms with E-state index in [2.05, 4.69) is 62.5 Å². The summed E-state index contributed by atoms with van der Waals surface area (Å²) >= 11 is 15.8. The van der Waals surface area contributed by atoms with Gasteiger partial charge in [0.25, 0.3) is 0 Å². The zero-order valence-corrected chi connectivity index (χ0v) is 26.9. The molecule has 18 heteroatoms. The van der Waals surface area contributed by atoms with Crippen LogP contribution in [0.15, 0.2) is 72.8 Å². The van der Waals surface area contributed by atoms with Gasteiger partial charge in [0.15, 0.2) is 0 Å². The van der Waals surface area contributed by atoms with Crippen molar-refractivity contribution in [3.8, 4) is 17.1 Å². The monoisotopic (exact) mass is 673 g/mol. The Bertz CT molecular complexity index is 1820. The number of rotatable bonds is 15. The lowest BCUT2D eigenvalue weighted by atomic mass is 9.97. The Morgan fingerprint density at radius 1 is 0.522 bits per heavy atom. The predicted molar refractivity (Wildman–Crippen MR) is 182 cm³/mol. The van der Waals surface area contributed by atoms with Crippen molar-refractivity contribution in [1.29, 1.82) is 0 Å². The summed E-state index contributed by atoms with van der Waals surface area (Å²) in [6.07, 6.45) is 2.92. The minimum atomic E-state index is 0.377. The van der Waals surface area contributed by atoms with Crippen molar-refractivity contribution in [3.63, 3.8) is 0 Å². The Kier molecular flexibility index (Phi) is 9.96. The molecular formula is C28H31N15S3. The van der Waals surface area contributed by atoms with Crippen molar-refractivity contribution >= 4 is 53.7 Å². The van der Waals surface area contributed by atoms with E-state index in [9.17, 15) is 0 Å². The van der Waals surface area contributed by atoms with Gasteiger partial charge in [-0.15, -0.1) is 0 Å². The molecule has 15 nitrogen and oxygen atoms in total. The third-order valence-corrected chi connectivity index (χ3v) is 8.17. The number of nitrogens with zero attached hydrogens (tertiary/aromatic N) is 9. The molecule has 3 heterocycles. The van der Waals surface area contributed by atoms with Crippen LogP contribution in [0.2, 0.25) is 0 Å². The summed E-state index contributed by atoms with van der Waals surface area (Å²) in [5.41, 5.74) is 5.60. The number of aromatic nitrogens is 12. The van der Waals surface area contributed by atoms with E-state index in [0.29, 0.717) is 20.2 Å². The first-order valence-electron chi connectivity index (χ1n) is 14.6. The van der Waals surface area contributed by atoms with Gasteiger partial charge < -0.3 is 16.0 Å². The molecule has 6 rings (SSSR count). The smallest absolute Gasteiger partial charge is 0.242 e. The summed E-state index contributed by atoms with van der Waals surface area (Å²) in [7, 11) is 0. The van der Waals surface area contributed by atoms with Gasteiger partial charge in [-0.25, -0.2) is 14.0 Å². The molecule has 0 saturated carbocycles. The van der Waals surface area contributed by atoms with E-state index in [1.165, 1.54) is 0 Å². The van der Waals surface area contributed by atoms with Crippen molar-refractivity contribution in [2.24, 2.45) is 5.92 Å². The molecule has 0 aliphatic rings. The van der Waals surface area contributed by atoms with Crippen LogP contribution in [0.4, 0.5) is 17.1 Å². The summed E-state index contributed by atoms with van der Waals surface area (Å²) in [6, 6.07) is 24.0. The molecule has 0 amide bonds. The minimum Gasteiger partial charge on any atom is -0.385 e. The van der Waals surface area contributed by atoms with Gasteiger partial charge in [0.05, 0.1) is 17.1 Å². The predicted octanol–water partition coefficient (Wildman–Crippen LogP) is 5.02. The number of tetrazole rings is 3. The van der Waals surface area contributed by atoms with Crippen molar-refractivity contribution in [2.45, 2.75) is 19.3 Å². The molecule has 3 aromatic carbocycles. The summed E-state index contributed by atoms with van der Waals surface area (Å²) in [4.78, 5) is 0. The first-order valence-corrected chi connectivity index (χ1v) is 15.8. The van der Waals surface area contributed by atoms with Gasteiger partial charge >= 0.3 is 0 Å². The van der Waals surface area contributed by atoms with Gasteiger partial charge in [0.1, 0.15) is 0 Å². The number of nitrogens with one attached hydrogen (secondary N) is 6. The van der Waals surface area contributed by atoms with E-state index >= 15 is 0 Å². The summed E-state index contributed by atoms with van der Waals surface area (Å²) in [5, 5.41) is 42.1. The average Bonchev–Trinajstić information content (AvgIpc) is 3.82. The first kappa shape index (κ1) is 30.9. The molecule has 46 heavy (non-hydrogen) atoms. The molecule has 0 fully saturated rings. The van der Waals surface area contributed by atoms with Gasteiger partial charge in [0, 0.05) is 36.7 Å². The molecule has 0 aliphatic carbocycles. The fraction of sp³-hybridized carbons (Fsp3) is 0.250.